The van der Waals surface area contributed by atoms with Crippen LogP contribution in [-0.4, -0.2) is 23.1 Å². The normalized spacial score (nSPS) is 15.3. The summed E-state index contributed by atoms with van der Waals surface area (Å²) in [6.07, 6.45) is 4.18. The monoisotopic (exact) mass is 248 g/mol. The van der Waals surface area contributed by atoms with Gasteiger partial charge in [0, 0.05) is 12.7 Å². The maximum Gasteiger partial charge on any atom is 0.340 e. The molecule has 1 aromatic heterocycles. The summed E-state index contributed by atoms with van der Waals surface area (Å²) in [5.74, 6) is 1.29. The molecule has 0 aliphatic heterocycles. The molecule has 4 heteroatoms. The molecule has 0 aromatic carbocycles. The number of hydrogen-bond acceptors (Lipinski definition) is 4. The molecule has 1 aliphatic rings. The van der Waals surface area contributed by atoms with E-state index in [2.05, 4.69) is 10.3 Å². The molecule has 18 heavy (non-hydrogen) atoms. The number of ether oxygens (including phenoxy) is 1. The molecule has 0 saturated heterocycles. The molecule has 0 radical (unpaired) electrons. The minimum Gasteiger partial charge on any atom is -0.456 e. The second-order valence-corrected chi connectivity index (χ2v) is 5.76. The molecule has 1 saturated carbocycles. The largest absolute Gasteiger partial charge is 0.456 e. The minimum atomic E-state index is -0.472. The Bertz CT molecular complexity index is 416. The van der Waals surface area contributed by atoms with Crippen molar-refractivity contribution in [1.82, 2.24) is 4.98 Å². The van der Waals surface area contributed by atoms with Crippen LogP contribution in [0.1, 0.15) is 44.0 Å². The van der Waals surface area contributed by atoms with E-state index < -0.39 is 5.60 Å². The zero-order valence-electron chi connectivity index (χ0n) is 11.2. The van der Waals surface area contributed by atoms with Crippen LogP contribution in [0.3, 0.4) is 0 Å². The maximum atomic E-state index is 11.8. The molecule has 1 fully saturated rings. The Morgan fingerprint density at radius 1 is 1.44 bits per heavy atom. The summed E-state index contributed by atoms with van der Waals surface area (Å²) >= 11 is 0. The van der Waals surface area contributed by atoms with E-state index in [4.69, 9.17) is 4.74 Å². The first-order valence-corrected chi connectivity index (χ1v) is 6.37. The van der Waals surface area contributed by atoms with E-state index in [-0.39, 0.29) is 5.97 Å². The highest BCUT2D eigenvalue weighted by Gasteiger charge is 2.21. The molecule has 98 valence electrons. The first-order valence-electron chi connectivity index (χ1n) is 6.37. The van der Waals surface area contributed by atoms with E-state index in [0.717, 1.165) is 18.3 Å². The van der Waals surface area contributed by atoms with Crippen molar-refractivity contribution in [3.8, 4) is 0 Å². The molecule has 1 heterocycles. The fraction of sp³-hybridized carbons (Fsp3) is 0.571. The van der Waals surface area contributed by atoms with Gasteiger partial charge in [-0.25, -0.2) is 9.78 Å². The van der Waals surface area contributed by atoms with Crippen molar-refractivity contribution in [1.29, 1.82) is 0 Å². The van der Waals surface area contributed by atoms with Crippen molar-refractivity contribution in [2.75, 3.05) is 11.9 Å². The lowest BCUT2D eigenvalue weighted by atomic mass is 10.2. The fourth-order valence-electron chi connectivity index (χ4n) is 1.53. The molecule has 1 aromatic rings. The molecule has 0 amide bonds. The Kier molecular flexibility index (Phi) is 3.55. The van der Waals surface area contributed by atoms with Gasteiger partial charge in [-0.05, 0) is 51.7 Å². The third-order valence-electron chi connectivity index (χ3n) is 2.67. The Balaban J connectivity index is 1.91. The number of carbonyl (C=O) groups excluding carboxylic acids is 1. The maximum absolute atomic E-state index is 11.8. The summed E-state index contributed by atoms with van der Waals surface area (Å²) in [5.41, 5.74) is 0.0156. The van der Waals surface area contributed by atoms with Crippen LogP contribution < -0.4 is 5.32 Å². The van der Waals surface area contributed by atoms with Gasteiger partial charge in [0.25, 0.3) is 0 Å². The lowest BCUT2D eigenvalue weighted by molar-refractivity contribution is 0.00691. The molecular weight excluding hydrogens is 228 g/mol. The third kappa shape index (κ3) is 4.02. The van der Waals surface area contributed by atoms with Crippen LogP contribution >= 0.6 is 0 Å². The highest BCUT2D eigenvalue weighted by atomic mass is 16.6. The number of rotatable bonds is 4. The van der Waals surface area contributed by atoms with Crippen molar-refractivity contribution in [2.45, 2.75) is 39.2 Å². The van der Waals surface area contributed by atoms with Crippen molar-refractivity contribution in [3.63, 3.8) is 0 Å². The standard InChI is InChI=1S/C14H20N2O2/c1-14(2,3)18-13(17)11-6-7-12(16-9-11)15-8-10-4-5-10/h6-7,9-10H,4-5,8H2,1-3H3,(H,15,16). The van der Waals surface area contributed by atoms with Gasteiger partial charge in [0.15, 0.2) is 0 Å². The van der Waals surface area contributed by atoms with Gasteiger partial charge in [0.1, 0.15) is 11.4 Å². The summed E-state index contributed by atoms with van der Waals surface area (Å²) in [7, 11) is 0. The summed E-state index contributed by atoms with van der Waals surface area (Å²) < 4.78 is 5.27. The van der Waals surface area contributed by atoms with Gasteiger partial charge in [0.2, 0.25) is 0 Å². The molecule has 2 rings (SSSR count). The Morgan fingerprint density at radius 3 is 2.67 bits per heavy atom. The van der Waals surface area contributed by atoms with Crippen molar-refractivity contribution in [3.05, 3.63) is 23.9 Å². The molecule has 0 atom stereocenters. The number of aromatic nitrogens is 1. The number of pyridine rings is 1. The van der Waals surface area contributed by atoms with Crippen LogP contribution in [0.25, 0.3) is 0 Å². The average molecular weight is 248 g/mol. The van der Waals surface area contributed by atoms with Gasteiger partial charge < -0.3 is 10.1 Å². The van der Waals surface area contributed by atoms with Gasteiger partial charge in [-0.2, -0.15) is 0 Å². The third-order valence-corrected chi connectivity index (χ3v) is 2.67. The van der Waals surface area contributed by atoms with Crippen molar-refractivity contribution >= 4 is 11.8 Å². The second kappa shape index (κ2) is 4.96. The molecule has 1 N–H and O–H groups in total. The fourth-order valence-corrected chi connectivity index (χ4v) is 1.53. The highest BCUT2D eigenvalue weighted by Crippen LogP contribution is 2.28. The number of nitrogens with zero attached hydrogens (tertiary/aromatic N) is 1. The van der Waals surface area contributed by atoms with Crippen molar-refractivity contribution in [2.24, 2.45) is 5.92 Å². The van der Waals surface area contributed by atoms with Crippen LogP contribution in [-0.2, 0) is 4.74 Å². The van der Waals surface area contributed by atoms with E-state index >= 15 is 0 Å². The van der Waals surface area contributed by atoms with Gasteiger partial charge >= 0.3 is 5.97 Å². The number of hydrogen-bond donors (Lipinski definition) is 1. The number of carbonyl (C=O) groups is 1. The Labute approximate surface area is 108 Å². The van der Waals surface area contributed by atoms with Gasteiger partial charge in [-0.3, -0.25) is 0 Å². The molecule has 1 aliphatic carbocycles. The van der Waals surface area contributed by atoms with E-state index in [9.17, 15) is 4.79 Å². The predicted molar refractivity (Wildman–Crippen MR) is 70.6 cm³/mol. The first kappa shape index (κ1) is 12.9. The van der Waals surface area contributed by atoms with Gasteiger partial charge in [0.05, 0.1) is 5.56 Å². The molecular formula is C14H20N2O2. The van der Waals surface area contributed by atoms with Crippen LogP contribution in [0.15, 0.2) is 18.3 Å². The number of nitrogens with one attached hydrogen (secondary N) is 1. The number of esters is 1. The van der Waals surface area contributed by atoms with Gasteiger partial charge in [-0.1, -0.05) is 0 Å². The Hall–Kier alpha value is -1.58. The van der Waals surface area contributed by atoms with Crippen LogP contribution in [0.2, 0.25) is 0 Å². The minimum absolute atomic E-state index is 0.330. The first-order chi connectivity index (χ1) is 8.44. The zero-order chi connectivity index (χ0) is 13.2. The van der Waals surface area contributed by atoms with Crippen LogP contribution in [0.4, 0.5) is 5.82 Å². The summed E-state index contributed by atoms with van der Waals surface area (Å²) in [6, 6.07) is 3.57. The molecule has 4 nitrogen and oxygen atoms in total. The quantitative estimate of drug-likeness (QED) is 0.832. The Morgan fingerprint density at radius 2 is 2.17 bits per heavy atom. The van der Waals surface area contributed by atoms with E-state index in [1.165, 1.54) is 12.8 Å². The summed E-state index contributed by atoms with van der Waals surface area (Å²) in [4.78, 5) is 16.0. The highest BCUT2D eigenvalue weighted by molar-refractivity contribution is 5.89. The predicted octanol–water partition coefficient (Wildman–Crippen LogP) is 2.86. The van der Waals surface area contributed by atoms with E-state index in [0.29, 0.717) is 5.56 Å². The number of anilines is 1. The SMILES string of the molecule is CC(C)(C)OC(=O)c1ccc(NCC2CC2)nc1. The smallest absolute Gasteiger partial charge is 0.340 e. The average Bonchev–Trinajstić information content (AvgIpc) is 3.08. The molecule has 0 unspecified atom stereocenters. The summed E-state index contributed by atoms with van der Waals surface area (Å²) in [6.45, 7) is 6.52. The zero-order valence-corrected chi connectivity index (χ0v) is 11.2. The molecule has 0 bridgehead atoms. The topological polar surface area (TPSA) is 51.2 Å². The molecule has 0 spiro atoms. The lowest BCUT2D eigenvalue weighted by Crippen LogP contribution is -2.24. The van der Waals surface area contributed by atoms with E-state index in [1.807, 2.05) is 26.8 Å². The van der Waals surface area contributed by atoms with E-state index in [1.54, 1.807) is 12.3 Å². The van der Waals surface area contributed by atoms with Crippen LogP contribution in [0.5, 0.6) is 0 Å². The second-order valence-electron chi connectivity index (χ2n) is 5.76. The van der Waals surface area contributed by atoms with Crippen molar-refractivity contribution < 1.29 is 9.53 Å². The summed E-state index contributed by atoms with van der Waals surface area (Å²) in [5, 5.41) is 3.26. The van der Waals surface area contributed by atoms with Crippen LogP contribution in [0, 0.1) is 5.92 Å². The lowest BCUT2D eigenvalue weighted by Gasteiger charge is -2.19. The van der Waals surface area contributed by atoms with Gasteiger partial charge in [-0.15, -0.1) is 0 Å².